The number of benzene rings is 2. The maximum atomic E-state index is 14.3. The maximum absolute atomic E-state index is 14.3. The van der Waals surface area contributed by atoms with Gasteiger partial charge in [-0.15, -0.1) is 0 Å². The summed E-state index contributed by atoms with van der Waals surface area (Å²) in [5.74, 6) is -3.26. The molecule has 0 fully saturated rings. The van der Waals surface area contributed by atoms with Crippen molar-refractivity contribution >= 4 is 17.7 Å². The summed E-state index contributed by atoms with van der Waals surface area (Å²) in [6.45, 7) is 5.97. The number of Topliss-reactive ketones (excluding diaryl/α,β-unsaturated/α-hetero) is 1. The average molecular weight is 488 g/mol. The number of hydrogen-bond donors (Lipinski definition) is 1. The number of nitrogens with one attached hydrogen (secondary N) is 1. The molecule has 0 saturated heterocycles. The molecule has 2 aliphatic rings. The van der Waals surface area contributed by atoms with Crippen LogP contribution in [0, 0.1) is 5.92 Å². The number of ether oxygens (including phenoxy) is 2. The van der Waals surface area contributed by atoms with Crippen LogP contribution in [0.25, 0.3) is 0 Å². The van der Waals surface area contributed by atoms with Gasteiger partial charge in [-0.05, 0) is 37.8 Å². The van der Waals surface area contributed by atoms with E-state index in [1.165, 1.54) is 0 Å². The van der Waals surface area contributed by atoms with Gasteiger partial charge in [0.05, 0.1) is 18.8 Å². The third-order valence-corrected chi connectivity index (χ3v) is 6.80. The lowest BCUT2D eigenvalue weighted by Crippen LogP contribution is -2.43. The molecule has 1 heterocycles. The number of ketones is 1. The molecular formula is C30H33NO5. The van der Waals surface area contributed by atoms with Crippen molar-refractivity contribution in [2.24, 2.45) is 5.92 Å². The second kappa shape index (κ2) is 11.4. The van der Waals surface area contributed by atoms with Crippen molar-refractivity contribution in [1.82, 2.24) is 5.32 Å². The molecule has 0 unspecified atom stereocenters. The molecule has 0 bridgehead atoms. The molecular weight excluding hydrogens is 454 g/mol. The summed E-state index contributed by atoms with van der Waals surface area (Å²) < 4.78 is 10.9. The molecule has 0 saturated carbocycles. The number of hydrogen-bond acceptors (Lipinski definition) is 6. The van der Waals surface area contributed by atoms with E-state index in [9.17, 15) is 14.4 Å². The highest BCUT2D eigenvalue weighted by Gasteiger charge is 2.49. The first-order valence-corrected chi connectivity index (χ1v) is 12.7. The van der Waals surface area contributed by atoms with Gasteiger partial charge in [-0.1, -0.05) is 74.0 Å². The van der Waals surface area contributed by atoms with E-state index in [4.69, 9.17) is 9.47 Å². The quantitative estimate of drug-likeness (QED) is 0.408. The van der Waals surface area contributed by atoms with Gasteiger partial charge in [0.15, 0.2) is 5.78 Å². The molecule has 0 amide bonds. The maximum Gasteiger partial charge on any atom is 0.336 e. The fourth-order valence-corrected chi connectivity index (χ4v) is 5.34. The number of rotatable bonds is 8. The minimum Gasteiger partial charge on any atom is -0.465 e. The van der Waals surface area contributed by atoms with Gasteiger partial charge in [0, 0.05) is 28.8 Å². The predicted molar refractivity (Wildman–Crippen MR) is 137 cm³/mol. The third kappa shape index (κ3) is 4.85. The van der Waals surface area contributed by atoms with E-state index in [2.05, 4.69) is 12.2 Å². The fourth-order valence-electron chi connectivity index (χ4n) is 5.34. The number of dihydropyridines is 1. The van der Waals surface area contributed by atoms with E-state index in [1.807, 2.05) is 60.7 Å². The lowest BCUT2D eigenvalue weighted by atomic mass is 9.67. The predicted octanol–water partition coefficient (Wildman–Crippen LogP) is 5.18. The molecule has 1 N–H and O–H groups in total. The largest absolute Gasteiger partial charge is 0.465 e. The molecule has 2 aromatic rings. The molecule has 2 aromatic carbocycles. The zero-order valence-electron chi connectivity index (χ0n) is 21.1. The smallest absolute Gasteiger partial charge is 0.336 e. The fraction of sp³-hybridized carbons (Fsp3) is 0.367. The summed E-state index contributed by atoms with van der Waals surface area (Å²) in [6.07, 6.45) is 1.91. The third-order valence-electron chi connectivity index (χ3n) is 6.80. The number of allylic oxidation sites excluding steroid dienone is 3. The van der Waals surface area contributed by atoms with Crippen LogP contribution in [0.1, 0.15) is 63.0 Å². The van der Waals surface area contributed by atoms with Crippen LogP contribution in [0.5, 0.6) is 0 Å². The van der Waals surface area contributed by atoms with Crippen LogP contribution in [0.3, 0.4) is 0 Å². The molecule has 0 spiro atoms. The Morgan fingerprint density at radius 1 is 0.889 bits per heavy atom. The van der Waals surface area contributed by atoms with Crippen LogP contribution in [0.15, 0.2) is 83.2 Å². The first-order valence-electron chi connectivity index (χ1n) is 12.7. The van der Waals surface area contributed by atoms with E-state index in [0.29, 0.717) is 24.0 Å². The molecule has 36 heavy (non-hydrogen) atoms. The second-order valence-electron chi connectivity index (χ2n) is 9.04. The zero-order chi connectivity index (χ0) is 25.7. The molecule has 1 aliphatic heterocycles. The molecule has 0 radical (unpaired) electrons. The van der Waals surface area contributed by atoms with Crippen molar-refractivity contribution in [3.8, 4) is 0 Å². The van der Waals surface area contributed by atoms with Gasteiger partial charge in [0.2, 0.25) is 0 Å². The Morgan fingerprint density at radius 2 is 1.50 bits per heavy atom. The molecule has 0 aromatic heterocycles. The highest BCUT2D eigenvalue weighted by atomic mass is 16.5. The van der Waals surface area contributed by atoms with Crippen molar-refractivity contribution in [2.75, 3.05) is 13.2 Å². The second-order valence-corrected chi connectivity index (χ2v) is 9.04. The summed E-state index contributed by atoms with van der Waals surface area (Å²) in [4.78, 5) is 40.8. The lowest BCUT2D eigenvalue weighted by molar-refractivity contribution is -0.152. The van der Waals surface area contributed by atoms with Crippen molar-refractivity contribution in [3.05, 3.63) is 94.3 Å². The highest BCUT2D eigenvalue weighted by molar-refractivity contribution is 6.13. The number of esters is 2. The molecule has 1 aliphatic carbocycles. The summed E-state index contributed by atoms with van der Waals surface area (Å²) in [6, 6.07) is 19.1. The Bertz CT molecular complexity index is 1180. The Kier molecular flexibility index (Phi) is 8.04. The molecule has 4 rings (SSSR count). The average Bonchev–Trinajstić information content (AvgIpc) is 2.89. The van der Waals surface area contributed by atoms with Crippen LogP contribution in [0.4, 0.5) is 0 Å². The van der Waals surface area contributed by atoms with E-state index >= 15 is 0 Å². The highest BCUT2D eigenvalue weighted by Crippen LogP contribution is 2.48. The minimum absolute atomic E-state index is 0.186. The van der Waals surface area contributed by atoms with Crippen molar-refractivity contribution in [1.29, 1.82) is 0 Å². The van der Waals surface area contributed by atoms with Crippen molar-refractivity contribution in [2.45, 2.75) is 51.9 Å². The molecule has 3 atom stereocenters. The van der Waals surface area contributed by atoms with E-state index in [1.54, 1.807) is 13.8 Å². The van der Waals surface area contributed by atoms with E-state index in [-0.39, 0.29) is 24.9 Å². The van der Waals surface area contributed by atoms with E-state index in [0.717, 1.165) is 28.9 Å². The van der Waals surface area contributed by atoms with Crippen molar-refractivity contribution in [3.63, 3.8) is 0 Å². The monoisotopic (exact) mass is 487 g/mol. The SMILES string of the molecule is CCCC1=C(C(=O)OCC)[C@H](c2ccccc2)C2=C(C[C@H](c3ccccc3)[C@@H](C(=O)OCC)C2=O)N1. The Labute approximate surface area is 212 Å². The van der Waals surface area contributed by atoms with E-state index < -0.39 is 23.8 Å². The topological polar surface area (TPSA) is 81.7 Å². The summed E-state index contributed by atoms with van der Waals surface area (Å²) >= 11 is 0. The summed E-state index contributed by atoms with van der Waals surface area (Å²) in [7, 11) is 0. The first-order chi connectivity index (χ1) is 17.5. The van der Waals surface area contributed by atoms with Crippen LogP contribution in [0.2, 0.25) is 0 Å². The standard InChI is InChI=1S/C30H33NO5/c1-4-13-22-27(30(34)36-6-3)24(20-16-11-8-12-17-20)26-23(31-22)18-21(19-14-9-7-10-15-19)25(28(26)32)29(33)35-5-2/h7-12,14-17,21,24-25,31H,4-6,13,18H2,1-3H3/t21-,24-,25-/m1/s1. The van der Waals surface area contributed by atoms with Crippen LogP contribution in [-0.2, 0) is 23.9 Å². The normalized spacial score (nSPS) is 21.5. The van der Waals surface area contributed by atoms with Crippen LogP contribution < -0.4 is 5.32 Å². The van der Waals surface area contributed by atoms with Gasteiger partial charge in [0.25, 0.3) is 0 Å². The number of carbonyl (C=O) groups is 3. The molecule has 6 nitrogen and oxygen atoms in total. The van der Waals surface area contributed by atoms with Crippen molar-refractivity contribution < 1.29 is 23.9 Å². The van der Waals surface area contributed by atoms with Gasteiger partial charge < -0.3 is 14.8 Å². The zero-order valence-corrected chi connectivity index (χ0v) is 21.1. The lowest BCUT2D eigenvalue weighted by Gasteiger charge is -2.40. The van der Waals surface area contributed by atoms with Gasteiger partial charge in [-0.25, -0.2) is 4.79 Å². The summed E-state index contributed by atoms with van der Waals surface area (Å²) in [5.41, 5.74) is 4.16. The van der Waals surface area contributed by atoms with Gasteiger partial charge in [-0.3, -0.25) is 9.59 Å². The molecule has 188 valence electrons. The Morgan fingerprint density at radius 3 is 2.08 bits per heavy atom. The van der Waals surface area contributed by atoms with Crippen LogP contribution >= 0.6 is 0 Å². The summed E-state index contributed by atoms with van der Waals surface area (Å²) in [5, 5.41) is 3.45. The Hall–Kier alpha value is -3.67. The molecule has 6 heteroatoms. The number of carbonyl (C=O) groups excluding carboxylic acids is 3. The minimum atomic E-state index is -0.990. The van der Waals surface area contributed by atoms with Gasteiger partial charge in [0.1, 0.15) is 5.92 Å². The van der Waals surface area contributed by atoms with Gasteiger partial charge in [-0.2, -0.15) is 0 Å². The van der Waals surface area contributed by atoms with Gasteiger partial charge >= 0.3 is 11.9 Å². The first kappa shape index (κ1) is 25.4. The van der Waals surface area contributed by atoms with Crippen LogP contribution in [-0.4, -0.2) is 30.9 Å². The Balaban J connectivity index is 1.91.